The van der Waals surface area contributed by atoms with Crippen molar-refractivity contribution in [2.45, 2.75) is 0 Å². The molecule has 0 atom stereocenters. The van der Waals surface area contributed by atoms with E-state index in [1.54, 1.807) is 97.7 Å². The van der Waals surface area contributed by atoms with Crippen molar-refractivity contribution >= 4 is 24.9 Å². The fourth-order valence-electron chi connectivity index (χ4n) is 3.27. The second kappa shape index (κ2) is 25.9. The average molecular weight is 691 g/mol. The van der Waals surface area contributed by atoms with Crippen molar-refractivity contribution < 1.29 is 67.2 Å². The van der Waals surface area contributed by atoms with Gasteiger partial charge >= 0.3 is 42.1 Å². The molecule has 0 fully saturated rings. The topological polar surface area (TPSA) is 164 Å². The maximum atomic E-state index is 9.54. The van der Waals surface area contributed by atoms with Gasteiger partial charge in [0.05, 0.1) is 26.2 Å². The summed E-state index contributed by atoms with van der Waals surface area (Å²) >= 11 is 2.12. The first-order valence-electron chi connectivity index (χ1n) is 13.0. The van der Waals surface area contributed by atoms with Crippen molar-refractivity contribution in [2.24, 2.45) is 20.0 Å². The molecule has 0 bridgehead atoms. The Hall–Kier alpha value is -4.54. The van der Waals surface area contributed by atoms with Crippen molar-refractivity contribution in [3.8, 4) is 23.0 Å². The van der Waals surface area contributed by atoms with E-state index >= 15 is 0 Å². The molecule has 0 amide bonds. The predicted molar refractivity (Wildman–Crippen MR) is 166 cm³/mol. The van der Waals surface area contributed by atoms with Crippen molar-refractivity contribution in [3.63, 3.8) is 0 Å². The Bertz CT molecular complexity index is 1300. The maximum absolute atomic E-state index is 9.54. The Morgan fingerprint density at radius 3 is 0.756 bits per heavy atom. The number of rotatable bonds is 10. The molecule has 0 unspecified atom stereocenters. The Labute approximate surface area is 279 Å². The molecule has 45 heavy (non-hydrogen) atoms. The number of phenols is 4. The summed E-state index contributed by atoms with van der Waals surface area (Å²) in [7, 11) is 0. The van der Waals surface area contributed by atoms with Crippen LogP contribution in [0, 0.1) is 0 Å². The molecule has 0 saturated carbocycles. The minimum atomic E-state index is 0. The molecule has 10 nitrogen and oxygen atoms in total. The van der Waals surface area contributed by atoms with Crippen molar-refractivity contribution in [3.05, 3.63) is 119 Å². The Morgan fingerprint density at radius 1 is 0.400 bits per heavy atom. The SMILES string of the molecule is F.Oc1ccccc1C=NCCN=Cc1ccccc1O.Oc1ccccc1C=NCCN=Cc1ccccc1O.[O]=[V].[O]=[V]. The first kappa shape index (κ1) is 40.5. The molecule has 0 heterocycles. The molecule has 0 radical (unpaired) electrons. The summed E-state index contributed by atoms with van der Waals surface area (Å²) < 4.78 is 16.4. The van der Waals surface area contributed by atoms with E-state index in [-0.39, 0.29) is 27.7 Å². The van der Waals surface area contributed by atoms with Gasteiger partial charge in [0.25, 0.3) is 0 Å². The van der Waals surface area contributed by atoms with Crippen LogP contribution < -0.4 is 0 Å². The van der Waals surface area contributed by atoms with Crippen LogP contribution in [-0.2, 0) is 42.1 Å². The minimum absolute atomic E-state index is 0. The number of benzene rings is 4. The molecular weight excluding hydrogens is 657 g/mol. The molecule has 13 heteroatoms. The number of phenolic OH excluding ortho intramolecular Hbond substituents is 4. The molecule has 4 rings (SSSR count). The van der Waals surface area contributed by atoms with Gasteiger partial charge in [0, 0.05) is 47.1 Å². The Morgan fingerprint density at radius 2 is 0.578 bits per heavy atom. The summed E-state index contributed by atoms with van der Waals surface area (Å²) in [6.45, 7) is 2.10. The quantitative estimate of drug-likeness (QED) is 0.132. The van der Waals surface area contributed by atoms with E-state index in [0.29, 0.717) is 48.4 Å². The van der Waals surface area contributed by atoms with Gasteiger partial charge < -0.3 is 20.4 Å². The summed E-state index contributed by atoms with van der Waals surface area (Å²) in [6, 6.07) is 28.1. The monoisotopic (exact) mass is 690 g/mol. The molecule has 4 aromatic carbocycles. The number of hydrogen-bond acceptors (Lipinski definition) is 10. The third kappa shape index (κ3) is 16.8. The number of aliphatic imine (C=N–C) groups is 4. The van der Waals surface area contributed by atoms with Crippen LogP contribution in [0.5, 0.6) is 23.0 Å². The van der Waals surface area contributed by atoms with E-state index in [1.165, 1.54) is 0 Å². The van der Waals surface area contributed by atoms with Crippen molar-refractivity contribution in [1.82, 2.24) is 0 Å². The first-order chi connectivity index (χ1) is 21.5. The van der Waals surface area contributed by atoms with E-state index in [9.17, 15) is 20.4 Å². The molecule has 0 aliphatic carbocycles. The second-order valence-corrected chi connectivity index (χ2v) is 8.38. The molecule has 4 aromatic rings. The molecule has 0 aromatic heterocycles. The number of hydrogen-bond donors (Lipinski definition) is 4. The van der Waals surface area contributed by atoms with Gasteiger partial charge in [-0.3, -0.25) is 24.7 Å². The predicted octanol–water partition coefficient (Wildman–Crippen LogP) is 5.18. The van der Waals surface area contributed by atoms with Gasteiger partial charge in [-0.25, -0.2) is 0 Å². The van der Waals surface area contributed by atoms with Gasteiger partial charge in [-0.1, -0.05) is 48.5 Å². The van der Waals surface area contributed by atoms with Crippen LogP contribution in [-0.4, -0.2) is 71.5 Å². The standard InChI is InChI=1S/2C16H16N2O2.FH.2O.2V/c2*19-15-7-3-1-5-13(15)11-17-9-10-18-12-14-6-2-4-8-16(14)20;;;;;/h2*1-8,11-12,19-20H,9-10H2;1H;;;;. The van der Waals surface area contributed by atoms with Crippen LogP contribution in [0.15, 0.2) is 117 Å². The molecule has 0 saturated heterocycles. The van der Waals surface area contributed by atoms with Gasteiger partial charge in [-0.05, 0) is 48.5 Å². The van der Waals surface area contributed by atoms with Gasteiger partial charge in [-0.15, -0.1) is 0 Å². The van der Waals surface area contributed by atoms with E-state index in [1.807, 2.05) is 24.3 Å². The number of halogens is 1. The molecule has 0 spiro atoms. The van der Waals surface area contributed by atoms with Gasteiger partial charge in [0.1, 0.15) is 23.0 Å². The summed E-state index contributed by atoms with van der Waals surface area (Å²) in [5.41, 5.74) is 2.77. The van der Waals surface area contributed by atoms with Crippen LogP contribution in [0.4, 0.5) is 4.70 Å². The second-order valence-electron chi connectivity index (χ2n) is 8.38. The van der Waals surface area contributed by atoms with E-state index in [2.05, 4.69) is 20.0 Å². The number of aromatic hydroxyl groups is 4. The van der Waals surface area contributed by atoms with Crippen molar-refractivity contribution in [2.75, 3.05) is 26.2 Å². The zero-order chi connectivity index (χ0) is 32.4. The summed E-state index contributed by atoms with van der Waals surface area (Å²) in [4.78, 5) is 16.8. The van der Waals surface area contributed by atoms with Gasteiger partial charge in [0.2, 0.25) is 0 Å². The summed E-state index contributed by atoms with van der Waals surface area (Å²) in [6.07, 6.45) is 6.52. The third-order valence-electron chi connectivity index (χ3n) is 5.38. The summed E-state index contributed by atoms with van der Waals surface area (Å²) in [5.74, 6) is 0.867. The number of nitrogens with zero attached hydrogens (tertiary/aromatic N) is 4. The molecule has 0 aliphatic heterocycles. The van der Waals surface area contributed by atoms with Crippen LogP contribution in [0.3, 0.4) is 0 Å². The van der Waals surface area contributed by atoms with Gasteiger partial charge in [-0.2, -0.15) is 0 Å². The van der Waals surface area contributed by atoms with E-state index in [4.69, 9.17) is 7.35 Å². The fraction of sp³-hybridized carbons (Fsp3) is 0.125. The number of para-hydroxylation sites is 4. The van der Waals surface area contributed by atoms with Gasteiger partial charge in [0.15, 0.2) is 0 Å². The third-order valence-corrected chi connectivity index (χ3v) is 5.38. The van der Waals surface area contributed by atoms with E-state index in [0.717, 1.165) is 34.7 Å². The molecule has 0 aliphatic rings. The average Bonchev–Trinajstić information content (AvgIpc) is 3.06. The normalized spacial score (nSPS) is 10.3. The van der Waals surface area contributed by atoms with E-state index < -0.39 is 0 Å². The van der Waals surface area contributed by atoms with Crippen LogP contribution in [0.2, 0.25) is 0 Å². The first-order valence-corrected chi connectivity index (χ1v) is 14.2. The molecule has 4 N–H and O–H groups in total. The summed E-state index contributed by atoms with van der Waals surface area (Å²) in [5, 5.41) is 38.2. The Kier molecular flexibility index (Phi) is 23.3. The van der Waals surface area contributed by atoms with Crippen LogP contribution in [0.25, 0.3) is 0 Å². The Balaban J connectivity index is 0.000000760. The van der Waals surface area contributed by atoms with Crippen LogP contribution in [0.1, 0.15) is 22.3 Å². The van der Waals surface area contributed by atoms with Crippen molar-refractivity contribution in [1.29, 1.82) is 0 Å². The fourth-order valence-corrected chi connectivity index (χ4v) is 3.27. The zero-order valence-electron chi connectivity index (χ0n) is 24.1. The molecular formula is C32H33FN4O6V2. The molecule has 234 valence electrons. The van der Waals surface area contributed by atoms with Crippen LogP contribution >= 0.6 is 0 Å². The zero-order valence-corrected chi connectivity index (χ0v) is 26.9.